The van der Waals surface area contributed by atoms with Gasteiger partial charge in [0, 0.05) is 12.1 Å². The average molecular weight is 290 g/mol. The Balaban J connectivity index is 2.00. The van der Waals surface area contributed by atoms with Crippen LogP contribution in [-0.4, -0.2) is 32.1 Å². The Labute approximate surface area is 125 Å². The molecule has 1 aromatic carbocycles. The highest BCUT2D eigenvalue weighted by atomic mass is 16.5. The third kappa shape index (κ3) is 4.29. The number of amides is 1. The van der Waals surface area contributed by atoms with E-state index in [1.54, 1.807) is 12.1 Å². The molecule has 1 aromatic rings. The van der Waals surface area contributed by atoms with Gasteiger partial charge in [0.25, 0.3) is 0 Å². The number of hydrogen-bond donors (Lipinski definition) is 2. The Bertz CT molecular complexity index is 522. The molecule has 0 aliphatic carbocycles. The van der Waals surface area contributed by atoms with E-state index in [2.05, 4.69) is 10.6 Å². The lowest BCUT2D eigenvalue weighted by Gasteiger charge is -2.22. The molecule has 0 radical (unpaired) electrons. The monoisotopic (exact) mass is 290 g/mol. The molecule has 114 valence electrons. The van der Waals surface area contributed by atoms with Gasteiger partial charge in [0.2, 0.25) is 5.91 Å². The van der Waals surface area contributed by atoms with Gasteiger partial charge in [0.1, 0.15) is 0 Å². The predicted molar refractivity (Wildman–Crippen MR) is 81.4 cm³/mol. The topological polar surface area (TPSA) is 67.4 Å². The zero-order valence-electron chi connectivity index (χ0n) is 12.6. The molecule has 0 aromatic heterocycles. The van der Waals surface area contributed by atoms with Gasteiger partial charge in [-0.2, -0.15) is 0 Å². The van der Waals surface area contributed by atoms with Gasteiger partial charge in [-0.05, 0) is 56.5 Å². The number of rotatable bonds is 4. The quantitative estimate of drug-likeness (QED) is 0.833. The summed E-state index contributed by atoms with van der Waals surface area (Å²) < 4.78 is 4.70. The van der Waals surface area contributed by atoms with E-state index in [1.165, 1.54) is 7.11 Å². The molecule has 2 N–H and O–H groups in total. The Morgan fingerprint density at radius 1 is 1.33 bits per heavy atom. The zero-order valence-corrected chi connectivity index (χ0v) is 12.6. The maximum absolute atomic E-state index is 12.1. The van der Waals surface area contributed by atoms with Gasteiger partial charge in [-0.1, -0.05) is 6.07 Å². The second-order valence-corrected chi connectivity index (χ2v) is 5.47. The van der Waals surface area contributed by atoms with Gasteiger partial charge in [-0.3, -0.25) is 4.79 Å². The highest BCUT2D eigenvalue weighted by Gasteiger charge is 2.17. The van der Waals surface area contributed by atoms with Crippen molar-refractivity contribution in [3.05, 3.63) is 29.3 Å². The third-order valence-corrected chi connectivity index (χ3v) is 3.87. The van der Waals surface area contributed by atoms with Crippen LogP contribution in [-0.2, 0) is 9.53 Å². The fourth-order valence-corrected chi connectivity index (χ4v) is 2.55. The molecule has 1 fully saturated rings. The minimum absolute atomic E-state index is 0.00650. The van der Waals surface area contributed by atoms with E-state index in [0.29, 0.717) is 23.6 Å². The molecule has 2 rings (SSSR count). The van der Waals surface area contributed by atoms with E-state index in [0.717, 1.165) is 31.5 Å². The number of hydrogen-bond acceptors (Lipinski definition) is 4. The molecular weight excluding hydrogens is 268 g/mol. The van der Waals surface area contributed by atoms with Crippen molar-refractivity contribution in [3.8, 4) is 0 Å². The number of ether oxygens (including phenoxy) is 1. The van der Waals surface area contributed by atoms with Crippen LogP contribution in [0.1, 0.15) is 35.2 Å². The van der Waals surface area contributed by atoms with Gasteiger partial charge in [-0.15, -0.1) is 0 Å². The molecule has 21 heavy (non-hydrogen) atoms. The summed E-state index contributed by atoms with van der Waals surface area (Å²) >= 11 is 0. The summed E-state index contributed by atoms with van der Waals surface area (Å²) in [6, 6.07) is 5.18. The molecule has 5 heteroatoms. The number of anilines is 1. The van der Waals surface area contributed by atoms with E-state index in [9.17, 15) is 9.59 Å². The summed E-state index contributed by atoms with van der Waals surface area (Å²) in [4.78, 5) is 23.7. The molecule has 1 saturated heterocycles. The standard InChI is InChI=1S/C16H22N2O3/c1-11-3-4-13(16(20)21-2)10-14(11)18-15(19)9-12-5-7-17-8-6-12/h3-4,10,12,17H,5-9H2,1-2H3,(H,18,19). The molecule has 1 aliphatic rings. The second kappa shape index (κ2) is 7.22. The largest absolute Gasteiger partial charge is 0.465 e. The molecule has 0 saturated carbocycles. The van der Waals surface area contributed by atoms with E-state index >= 15 is 0 Å². The number of piperidine rings is 1. The van der Waals surface area contributed by atoms with Gasteiger partial charge in [0.15, 0.2) is 0 Å². The number of carbonyl (C=O) groups is 2. The first-order valence-corrected chi connectivity index (χ1v) is 7.29. The molecule has 1 amide bonds. The van der Waals surface area contributed by atoms with Crippen LogP contribution in [0.15, 0.2) is 18.2 Å². The van der Waals surface area contributed by atoms with Crippen LogP contribution >= 0.6 is 0 Å². The van der Waals surface area contributed by atoms with E-state index in [1.807, 2.05) is 13.0 Å². The number of benzene rings is 1. The number of methoxy groups -OCH3 is 1. The molecule has 0 spiro atoms. The normalized spacial score (nSPS) is 15.5. The second-order valence-electron chi connectivity index (χ2n) is 5.47. The number of carbonyl (C=O) groups excluding carboxylic acids is 2. The molecule has 0 atom stereocenters. The predicted octanol–water partition coefficient (Wildman–Crippen LogP) is 2.11. The van der Waals surface area contributed by atoms with Crippen molar-refractivity contribution in [2.75, 3.05) is 25.5 Å². The summed E-state index contributed by atoms with van der Waals surface area (Å²) in [7, 11) is 1.34. The smallest absolute Gasteiger partial charge is 0.337 e. The Hall–Kier alpha value is -1.88. The van der Waals surface area contributed by atoms with Gasteiger partial charge in [0.05, 0.1) is 12.7 Å². The minimum Gasteiger partial charge on any atom is -0.465 e. The maximum atomic E-state index is 12.1. The summed E-state index contributed by atoms with van der Waals surface area (Å²) in [5, 5.41) is 6.20. The Morgan fingerprint density at radius 2 is 2.05 bits per heavy atom. The molecular formula is C16H22N2O3. The average Bonchev–Trinajstić information content (AvgIpc) is 2.49. The van der Waals surface area contributed by atoms with Crippen LogP contribution in [0.25, 0.3) is 0 Å². The first-order chi connectivity index (χ1) is 10.1. The van der Waals surface area contributed by atoms with E-state index in [4.69, 9.17) is 4.74 Å². The molecule has 0 unspecified atom stereocenters. The van der Waals surface area contributed by atoms with E-state index < -0.39 is 5.97 Å². The summed E-state index contributed by atoms with van der Waals surface area (Å²) in [5.74, 6) is 0.0474. The van der Waals surface area contributed by atoms with Crippen molar-refractivity contribution in [3.63, 3.8) is 0 Å². The van der Waals surface area contributed by atoms with Crippen LogP contribution in [0, 0.1) is 12.8 Å². The molecule has 5 nitrogen and oxygen atoms in total. The summed E-state index contributed by atoms with van der Waals surface area (Å²) in [5.41, 5.74) is 2.05. The van der Waals surface area contributed by atoms with Crippen LogP contribution in [0.2, 0.25) is 0 Å². The van der Waals surface area contributed by atoms with Crippen LogP contribution in [0.5, 0.6) is 0 Å². The molecule has 0 bridgehead atoms. The fourth-order valence-electron chi connectivity index (χ4n) is 2.55. The summed E-state index contributed by atoms with van der Waals surface area (Å²) in [6.07, 6.45) is 2.60. The SMILES string of the molecule is COC(=O)c1ccc(C)c(NC(=O)CC2CCNCC2)c1. The Kier molecular flexibility index (Phi) is 5.33. The highest BCUT2D eigenvalue weighted by Crippen LogP contribution is 2.20. The third-order valence-electron chi connectivity index (χ3n) is 3.87. The first kappa shape index (κ1) is 15.5. The lowest BCUT2D eigenvalue weighted by atomic mass is 9.94. The van der Waals surface area contributed by atoms with Gasteiger partial charge >= 0.3 is 5.97 Å². The molecule has 1 aliphatic heterocycles. The Morgan fingerprint density at radius 3 is 2.71 bits per heavy atom. The number of esters is 1. The van der Waals surface area contributed by atoms with Crippen molar-refractivity contribution in [1.29, 1.82) is 0 Å². The molecule has 1 heterocycles. The minimum atomic E-state index is -0.399. The fraction of sp³-hybridized carbons (Fsp3) is 0.500. The summed E-state index contributed by atoms with van der Waals surface area (Å²) in [6.45, 7) is 3.87. The van der Waals surface area contributed by atoms with Crippen molar-refractivity contribution < 1.29 is 14.3 Å². The van der Waals surface area contributed by atoms with Crippen molar-refractivity contribution >= 4 is 17.6 Å². The van der Waals surface area contributed by atoms with Crippen molar-refractivity contribution in [1.82, 2.24) is 5.32 Å². The highest BCUT2D eigenvalue weighted by molar-refractivity contribution is 5.95. The van der Waals surface area contributed by atoms with Crippen LogP contribution in [0.4, 0.5) is 5.69 Å². The van der Waals surface area contributed by atoms with Gasteiger partial charge < -0.3 is 15.4 Å². The lowest BCUT2D eigenvalue weighted by molar-refractivity contribution is -0.117. The lowest BCUT2D eigenvalue weighted by Crippen LogP contribution is -2.30. The van der Waals surface area contributed by atoms with Crippen molar-refractivity contribution in [2.24, 2.45) is 5.92 Å². The van der Waals surface area contributed by atoms with Crippen LogP contribution in [0.3, 0.4) is 0 Å². The number of nitrogens with one attached hydrogen (secondary N) is 2. The van der Waals surface area contributed by atoms with Crippen molar-refractivity contribution in [2.45, 2.75) is 26.2 Å². The first-order valence-electron chi connectivity index (χ1n) is 7.29. The number of aryl methyl sites for hydroxylation is 1. The van der Waals surface area contributed by atoms with E-state index in [-0.39, 0.29) is 5.91 Å². The zero-order chi connectivity index (χ0) is 15.2. The van der Waals surface area contributed by atoms with Gasteiger partial charge in [-0.25, -0.2) is 4.79 Å². The maximum Gasteiger partial charge on any atom is 0.337 e. The van der Waals surface area contributed by atoms with Crippen LogP contribution < -0.4 is 10.6 Å².